The monoisotopic (exact) mass is 429 g/mol. The van der Waals surface area contributed by atoms with E-state index in [1.807, 2.05) is 37.3 Å². The molecule has 2 aromatic carbocycles. The van der Waals surface area contributed by atoms with E-state index in [9.17, 15) is 18.0 Å². The van der Waals surface area contributed by atoms with Crippen molar-refractivity contribution >= 4 is 27.5 Å². The van der Waals surface area contributed by atoms with Gasteiger partial charge in [0.2, 0.25) is 21.8 Å². The second-order valence-electron chi connectivity index (χ2n) is 7.47. The number of nitrogens with zero attached hydrogens (tertiary/aromatic N) is 1. The first-order chi connectivity index (χ1) is 14.3. The van der Waals surface area contributed by atoms with E-state index < -0.39 is 10.0 Å². The molecule has 0 aliphatic carbocycles. The highest BCUT2D eigenvalue weighted by Gasteiger charge is 2.30. The Bertz CT molecular complexity index is 1020. The highest BCUT2D eigenvalue weighted by molar-refractivity contribution is 7.89. The van der Waals surface area contributed by atoms with E-state index in [2.05, 4.69) is 10.0 Å². The maximum Gasteiger partial charge on any atom is 0.240 e. The van der Waals surface area contributed by atoms with Crippen LogP contribution in [-0.4, -0.2) is 39.4 Å². The lowest BCUT2D eigenvalue weighted by molar-refractivity contribution is -0.121. The molecule has 1 unspecified atom stereocenters. The molecule has 0 radical (unpaired) electrons. The lowest BCUT2D eigenvalue weighted by atomic mass is 10.1. The highest BCUT2D eigenvalue weighted by Crippen LogP contribution is 2.33. The Balaban J connectivity index is 1.50. The number of rotatable bonds is 8. The molecule has 3 rings (SSSR count). The van der Waals surface area contributed by atoms with Gasteiger partial charge in [0.05, 0.1) is 4.90 Å². The number of anilines is 1. The zero-order valence-corrected chi connectivity index (χ0v) is 18.0. The minimum atomic E-state index is -3.73. The summed E-state index contributed by atoms with van der Waals surface area (Å²) in [5, 5.41) is 2.80. The summed E-state index contributed by atoms with van der Waals surface area (Å²) in [6.07, 6.45) is 1.40. The van der Waals surface area contributed by atoms with Gasteiger partial charge in [-0.1, -0.05) is 30.3 Å². The van der Waals surface area contributed by atoms with Gasteiger partial charge in [-0.2, -0.15) is 0 Å². The quantitative estimate of drug-likeness (QED) is 0.671. The highest BCUT2D eigenvalue weighted by atomic mass is 32.2. The van der Waals surface area contributed by atoms with Gasteiger partial charge in [-0.05, 0) is 49.1 Å². The van der Waals surface area contributed by atoms with Crippen molar-refractivity contribution in [3.63, 3.8) is 0 Å². The minimum absolute atomic E-state index is 0.00277. The van der Waals surface area contributed by atoms with Gasteiger partial charge in [-0.3, -0.25) is 9.59 Å². The van der Waals surface area contributed by atoms with E-state index in [1.54, 1.807) is 17.0 Å². The normalized spacial score (nSPS) is 15.7. The van der Waals surface area contributed by atoms with Crippen molar-refractivity contribution in [2.75, 3.05) is 18.0 Å². The third kappa shape index (κ3) is 5.25. The van der Waals surface area contributed by atoms with Crippen molar-refractivity contribution in [1.82, 2.24) is 10.0 Å². The lowest BCUT2D eigenvalue weighted by Gasteiger charge is -2.20. The first-order valence-corrected chi connectivity index (χ1v) is 11.5. The molecule has 2 aromatic rings. The molecule has 1 atom stereocenters. The number of fused-ring (bicyclic) bond motifs is 1. The van der Waals surface area contributed by atoms with E-state index in [4.69, 9.17) is 0 Å². The standard InChI is InChI=1S/C22H27N3O4S/c1-16-14-19-15-20(8-9-21(19)25(16)17(2)26)30(28,29)24-13-11-22(27)23-12-10-18-6-4-3-5-7-18/h3-9,15-16,24H,10-14H2,1-2H3,(H,23,27). The molecule has 0 aromatic heterocycles. The largest absolute Gasteiger partial charge is 0.356 e. The average Bonchev–Trinajstić information content (AvgIpc) is 3.03. The molecular weight excluding hydrogens is 402 g/mol. The number of sulfonamides is 1. The second-order valence-corrected chi connectivity index (χ2v) is 9.23. The third-order valence-corrected chi connectivity index (χ3v) is 6.60. The van der Waals surface area contributed by atoms with Crippen LogP contribution in [0, 0.1) is 0 Å². The Labute approximate surface area is 177 Å². The summed E-state index contributed by atoms with van der Waals surface area (Å²) in [5.41, 5.74) is 2.72. The molecule has 0 bridgehead atoms. The number of hydrogen-bond acceptors (Lipinski definition) is 4. The number of benzene rings is 2. The van der Waals surface area contributed by atoms with Crippen LogP contribution in [0.25, 0.3) is 0 Å². The summed E-state index contributed by atoms with van der Waals surface area (Å²) in [7, 11) is -3.73. The van der Waals surface area contributed by atoms with Gasteiger partial charge < -0.3 is 10.2 Å². The molecule has 1 heterocycles. The van der Waals surface area contributed by atoms with Crippen LogP contribution in [0.3, 0.4) is 0 Å². The molecular formula is C22H27N3O4S. The van der Waals surface area contributed by atoms with Crippen molar-refractivity contribution < 1.29 is 18.0 Å². The molecule has 0 saturated carbocycles. The van der Waals surface area contributed by atoms with Crippen molar-refractivity contribution in [2.45, 2.75) is 44.0 Å². The second kappa shape index (κ2) is 9.40. The lowest BCUT2D eigenvalue weighted by Crippen LogP contribution is -2.33. The van der Waals surface area contributed by atoms with Crippen LogP contribution >= 0.6 is 0 Å². The van der Waals surface area contributed by atoms with Crippen LogP contribution in [0.4, 0.5) is 5.69 Å². The fourth-order valence-corrected chi connectivity index (χ4v) is 4.80. The van der Waals surface area contributed by atoms with Crippen molar-refractivity contribution in [3.05, 3.63) is 59.7 Å². The molecule has 0 spiro atoms. The van der Waals surface area contributed by atoms with Gasteiger partial charge >= 0.3 is 0 Å². The van der Waals surface area contributed by atoms with Crippen LogP contribution < -0.4 is 14.9 Å². The van der Waals surface area contributed by atoms with Gasteiger partial charge in [0.1, 0.15) is 0 Å². The van der Waals surface area contributed by atoms with Crippen LogP contribution in [0.15, 0.2) is 53.4 Å². The molecule has 1 aliphatic heterocycles. The Morgan fingerprint density at radius 1 is 1.10 bits per heavy atom. The van der Waals surface area contributed by atoms with Gasteiger partial charge in [-0.25, -0.2) is 13.1 Å². The average molecular weight is 430 g/mol. The summed E-state index contributed by atoms with van der Waals surface area (Å²) in [5.74, 6) is -0.262. The Morgan fingerprint density at radius 2 is 1.83 bits per heavy atom. The van der Waals surface area contributed by atoms with E-state index in [-0.39, 0.29) is 35.7 Å². The zero-order valence-electron chi connectivity index (χ0n) is 17.2. The van der Waals surface area contributed by atoms with Crippen LogP contribution in [0.1, 0.15) is 31.4 Å². The molecule has 2 N–H and O–H groups in total. The summed E-state index contributed by atoms with van der Waals surface area (Å²) in [6.45, 7) is 3.96. The van der Waals surface area contributed by atoms with Gasteiger partial charge in [0.15, 0.2) is 0 Å². The van der Waals surface area contributed by atoms with Crippen LogP contribution in [0.5, 0.6) is 0 Å². The molecule has 7 nitrogen and oxygen atoms in total. The van der Waals surface area contributed by atoms with Gasteiger partial charge in [-0.15, -0.1) is 0 Å². The Morgan fingerprint density at radius 3 is 2.53 bits per heavy atom. The Kier molecular flexibility index (Phi) is 6.89. The zero-order chi connectivity index (χ0) is 21.7. The number of carbonyl (C=O) groups excluding carboxylic acids is 2. The molecule has 8 heteroatoms. The summed E-state index contributed by atoms with van der Waals surface area (Å²) in [4.78, 5) is 25.6. The summed E-state index contributed by atoms with van der Waals surface area (Å²) in [6, 6.07) is 14.6. The smallest absolute Gasteiger partial charge is 0.240 e. The fourth-order valence-electron chi connectivity index (χ4n) is 3.72. The Hall–Kier alpha value is -2.71. The van der Waals surface area contributed by atoms with Crippen LogP contribution in [0.2, 0.25) is 0 Å². The molecule has 0 saturated heterocycles. The number of amides is 2. The van der Waals surface area contributed by atoms with Crippen molar-refractivity contribution in [3.8, 4) is 0 Å². The van der Waals surface area contributed by atoms with E-state index in [0.717, 1.165) is 23.2 Å². The minimum Gasteiger partial charge on any atom is -0.356 e. The van der Waals surface area contributed by atoms with Crippen molar-refractivity contribution in [2.24, 2.45) is 0 Å². The molecule has 1 aliphatic rings. The van der Waals surface area contributed by atoms with Crippen LogP contribution in [-0.2, 0) is 32.5 Å². The van der Waals surface area contributed by atoms with Gasteiger partial charge in [0.25, 0.3) is 0 Å². The first kappa shape index (κ1) is 22.0. The maximum absolute atomic E-state index is 12.6. The number of hydrogen-bond donors (Lipinski definition) is 2. The van der Waals surface area contributed by atoms with E-state index >= 15 is 0 Å². The first-order valence-electron chi connectivity index (χ1n) is 10.0. The van der Waals surface area contributed by atoms with Crippen molar-refractivity contribution in [1.29, 1.82) is 0 Å². The fraction of sp³-hybridized carbons (Fsp3) is 0.364. The molecule has 30 heavy (non-hydrogen) atoms. The predicted octanol–water partition coefficient (Wildman–Crippen LogP) is 2.01. The molecule has 160 valence electrons. The topological polar surface area (TPSA) is 95.6 Å². The number of carbonyl (C=O) groups is 2. The third-order valence-electron chi connectivity index (χ3n) is 5.14. The molecule has 0 fully saturated rings. The van der Waals surface area contributed by atoms with Gasteiger partial charge in [0, 0.05) is 38.2 Å². The SMILES string of the molecule is CC(=O)N1c2ccc(S(=O)(=O)NCCC(=O)NCCc3ccccc3)cc2CC1C. The van der Waals surface area contributed by atoms with E-state index in [0.29, 0.717) is 13.0 Å². The summed E-state index contributed by atoms with van der Waals surface area (Å²) < 4.78 is 27.7. The maximum atomic E-state index is 12.6. The van der Waals surface area contributed by atoms with E-state index in [1.165, 1.54) is 13.0 Å². The predicted molar refractivity (Wildman–Crippen MR) is 116 cm³/mol. The number of nitrogens with one attached hydrogen (secondary N) is 2. The summed E-state index contributed by atoms with van der Waals surface area (Å²) >= 11 is 0. The molecule has 2 amide bonds.